The van der Waals surface area contributed by atoms with E-state index in [0.29, 0.717) is 6.42 Å². The predicted octanol–water partition coefficient (Wildman–Crippen LogP) is 6.99. The predicted molar refractivity (Wildman–Crippen MR) is 323 cm³/mol. The van der Waals surface area contributed by atoms with Gasteiger partial charge in [0.2, 0.25) is 5.91 Å². The van der Waals surface area contributed by atoms with Crippen molar-refractivity contribution in [3.63, 3.8) is 0 Å². The summed E-state index contributed by atoms with van der Waals surface area (Å²) in [5, 5.41) is 120. The first-order valence-corrected chi connectivity index (χ1v) is 32.2. The normalized spacial score (nSPS) is 29.7. The Kier molecular flexibility index (Phi) is 42.5. The van der Waals surface area contributed by atoms with E-state index in [2.05, 4.69) is 79.9 Å². The summed E-state index contributed by atoms with van der Waals surface area (Å²) < 4.78 is 34.2. The van der Waals surface area contributed by atoms with Crippen molar-refractivity contribution in [1.82, 2.24) is 5.32 Å². The standard InChI is InChI=1S/C65H113NO18/c1-3-5-7-9-11-13-14-15-16-17-18-19-20-21-22-23-24-25-26-27-28-29-30-31-32-33-34-35-37-39-41-43-53(71)66-48(49(70)42-40-38-36-12-10-8-6-4-2)47-79-63-59(77)56(74)61(51(45-68)81-63)84-65-60(78)57(75)62(52(46-69)82-65)83-64-58(76)55(73)54(72)50(44-67)80-64/h5,7,11,13,15-16,18-19,21-22,40,42,48-52,54-65,67-70,72-78H,3-4,6,8-10,12,14,17,20,23-39,41,43-47H2,1-2H3,(H,66,71)/b7-5-,13-11-,16-15-,19-18-,22-21-,42-40+. The highest BCUT2D eigenvalue weighted by Gasteiger charge is 2.53. The lowest BCUT2D eigenvalue weighted by atomic mass is 9.96. The van der Waals surface area contributed by atoms with Gasteiger partial charge >= 0.3 is 0 Å². The second kappa shape index (κ2) is 47.3. The molecule has 3 aliphatic heterocycles. The summed E-state index contributed by atoms with van der Waals surface area (Å²) in [6.45, 7) is 1.54. The molecule has 0 spiro atoms. The molecule has 0 bridgehead atoms. The summed E-state index contributed by atoms with van der Waals surface area (Å²) in [6, 6.07) is -0.973. The lowest BCUT2D eigenvalue weighted by Gasteiger charge is -2.48. The van der Waals surface area contributed by atoms with Gasteiger partial charge in [0.25, 0.3) is 0 Å². The van der Waals surface area contributed by atoms with E-state index in [1.54, 1.807) is 6.08 Å². The molecule has 1 amide bonds. The van der Waals surface area contributed by atoms with Crippen LogP contribution in [0.15, 0.2) is 72.9 Å². The molecule has 17 atom stereocenters. The highest BCUT2D eigenvalue weighted by molar-refractivity contribution is 5.76. The maximum absolute atomic E-state index is 13.3. The molecule has 3 rings (SSSR count). The molecule has 0 radical (unpaired) electrons. The Labute approximate surface area is 502 Å². The number of amides is 1. The minimum Gasteiger partial charge on any atom is -0.394 e. The van der Waals surface area contributed by atoms with Gasteiger partial charge in [-0.05, 0) is 64.2 Å². The van der Waals surface area contributed by atoms with Crippen LogP contribution < -0.4 is 5.32 Å². The third-order valence-electron chi connectivity index (χ3n) is 15.8. The monoisotopic (exact) mass is 1200 g/mol. The molecule has 3 heterocycles. The Bertz CT molecular complexity index is 1810. The van der Waals surface area contributed by atoms with Crippen LogP contribution in [-0.4, -0.2) is 193 Å². The first-order valence-electron chi connectivity index (χ1n) is 32.2. The van der Waals surface area contributed by atoms with Gasteiger partial charge in [-0.1, -0.05) is 202 Å². The highest BCUT2D eigenvalue weighted by Crippen LogP contribution is 2.33. The number of ether oxygens (including phenoxy) is 6. The maximum Gasteiger partial charge on any atom is 0.220 e. The van der Waals surface area contributed by atoms with Crippen LogP contribution in [0.5, 0.6) is 0 Å². The number of unbranched alkanes of at least 4 members (excludes halogenated alkanes) is 21. The van der Waals surface area contributed by atoms with Crippen molar-refractivity contribution in [3.05, 3.63) is 72.9 Å². The van der Waals surface area contributed by atoms with E-state index in [9.17, 15) is 61.0 Å². The largest absolute Gasteiger partial charge is 0.394 e. The molecule has 0 aliphatic carbocycles. The van der Waals surface area contributed by atoms with Crippen molar-refractivity contribution in [3.8, 4) is 0 Å². The Hall–Kier alpha value is -2.77. The number of hydrogen-bond donors (Lipinski definition) is 12. The quantitative estimate of drug-likeness (QED) is 0.0216. The molecule has 0 aromatic heterocycles. The van der Waals surface area contributed by atoms with Gasteiger partial charge in [0.05, 0.1) is 38.6 Å². The number of carbonyl (C=O) groups is 1. The number of aliphatic hydroxyl groups is 11. The SMILES string of the molecule is CC/C=C\C/C=C\C/C=C\C/C=C\C/C=C\CCCCCCCCCCCCCCCCCC(=O)NC(COC1OC(CO)C(OC2OC(CO)C(OC3OC(CO)C(O)C(O)C3O)C(O)C2O)C(O)C1O)C(O)/C=C/CCCCCCCC. The number of nitrogens with one attached hydrogen (secondary N) is 1. The molecule has 19 heteroatoms. The minimum absolute atomic E-state index is 0.240. The number of allylic oxidation sites excluding steroid dienone is 11. The molecule has 3 fully saturated rings. The zero-order valence-corrected chi connectivity index (χ0v) is 50.9. The summed E-state index contributed by atoms with van der Waals surface area (Å²) >= 11 is 0. The summed E-state index contributed by atoms with van der Waals surface area (Å²) in [6.07, 6.45) is 30.7. The van der Waals surface area contributed by atoms with Crippen molar-refractivity contribution in [2.24, 2.45) is 0 Å². The van der Waals surface area contributed by atoms with Crippen LogP contribution in [0.4, 0.5) is 0 Å². The van der Waals surface area contributed by atoms with Crippen molar-refractivity contribution in [2.75, 3.05) is 26.4 Å². The van der Waals surface area contributed by atoms with Crippen LogP contribution in [0.25, 0.3) is 0 Å². The molecular formula is C65H113NO18. The van der Waals surface area contributed by atoms with Gasteiger partial charge in [0, 0.05) is 6.42 Å². The zero-order chi connectivity index (χ0) is 61.2. The van der Waals surface area contributed by atoms with Crippen LogP contribution in [0.1, 0.15) is 200 Å². The lowest BCUT2D eigenvalue weighted by molar-refractivity contribution is -0.379. The topological polar surface area (TPSA) is 307 Å². The summed E-state index contributed by atoms with van der Waals surface area (Å²) in [7, 11) is 0. The average molecular weight is 1200 g/mol. The zero-order valence-electron chi connectivity index (χ0n) is 50.9. The number of aliphatic hydroxyl groups excluding tert-OH is 11. The molecule has 486 valence electrons. The molecule has 12 N–H and O–H groups in total. The third kappa shape index (κ3) is 30.0. The van der Waals surface area contributed by atoms with Gasteiger partial charge in [0.15, 0.2) is 18.9 Å². The molecule has 3 aliphatic rings. The second-order valence-electron chi connectivity index (χ2n) is 22.8. The molecule has 19 nitrogen and oxygen atoms in total. The van der Waals surface area contributed by atoms with Crippen molar-refractivity contribution in [1.29, 1.82) is 0 Å². The van der Waals surface area contributed by atoms with E-state index in [-0.39, 0.29) is 18.9 Å². The molecule has 0 aromatic carbocycles. The number of rotatable bonds is 47. The van der Waals surface area contributed by atoms with Gasteiger partial charge < -0.3 is 89.9 Å². The fourth-order valence-electron chi connectivity index (χ4n) is 10.5. The molecule has 3 saturated heterocycles. The highest BCUT2D eigenvalue weighted by atomic mass is 16.8. The summed E-state index contributed by atoms with van der Waals surface area (Å²) in [4.78, 5) is 13.3. The fourth-order valence-corrected chi connectivity index (χ4v) is 10.5. The van der Waals surface area contributed by atoms with E-state index in [0.717, 1.165) is 83.5 Å². The van der Waals surface area contributed by atoms with Crippen LogP contribution >= 0.6 is 0 Å². The van der Waals surface area contributed by atoms with Crippen LogP contribution in [-0.2, 0) is 33.2 Å². The first-order chi connectivity index (χ1) is 40.8. The Balaban J connectivity index is 1.35. The molecule has 0 aromatic rings. The van der Waals surface area contributed by atoms with Crippen molar-refractivity contribution >= 4 is 5.91 Å². The van der Waals surface area contributed by atoms with Gasteiger partial charge in [0.1, 0.15) is 73.2 Å². The second-order valence-corrected chi connectivity index (χ2v) is 22.8. The average Bonchev–Trinajstić information content (AvgIpc) is 2.91. The van der Waals surface area contributed by atoms with Gasteiger partial charge in [-0.25, -0.2) is 0 Å². The van der Waals surface area contributed by atoms with E-state index in [4.69, 9.17) is 28.4 Å². The van der Waals surface area contributed by atoms with Gasteiger partial charge in [-0.15, -0.1) is 0 Å². The lowest BCUT2D eigenvalue weighted by Crippen LogP contribution is -2.66. The number of carbonyl (C=O) groups excluding carboxylic acids is 1. The van der Waals surface area contributed by atoms with Crippen LogP contribution in [0.3, 0.4) is 0 Å². The van der Waals surface area contributed by atoms with E-state index in [1.807, 2.05) is 6.08 Å². The minimum atomic E-state index is -1.98. The maximum atomic E-state index is 13.3. The molecule has 84 heavy (non-hydrogen) atoms. The first kappa shape index (κ1) is 75.5. The van der Waals surface area contributed by atoms with Gasteiger partial charge in [-0.3, -0.25) is 4.79 Å². The summed E-state index contributed by atoms with van der Waals surface area (Å²) in [5.41, 5.74) is 0. The Morgan fingerprint density at radius 2 is 0.821 bits per heavy atom. The molecular weight excluding hydrogens is 1080 g/mol. The van der Waals surface area contributed by atoms with E-state index < -0.39 is 124 Å². The smallest absolute Gasteiger partial charge is 0.220 e. The molecule has 0 saturated carbocycles. The molecule has 17 unspecified atom stereocenters. The van der Waals surface area contributed by atoms with Crippen LogP contribution in [0.2, 0.25) is 0 Å². The fraction of sp³-hybridized carbons (Fsp3) is 0.800. The Morgan fingerprint density at radius 1 is 0.440 bits per heavy atom. The Morgan fingerprint density at radius 3 is 1.29 bits per heavy atom. The summed E-state index contributed by atoms with van der Waals surface area (Å²) in [5.74, 6) is -0.282. The van der Waals surface area contributed by atoms with E-state index in [1.165, 1.54) is 89.9 Å². The van der Waals surface area contributed by atoms with Crippen molar-refractivity contribution in [2.45, 2.75) is 304 Å². The number of hydrogen-bond acceptors (Lipinski definition) is 18. The third-order valence-corrected chi connectivity index (χ3v) is 15.8. The van der Waals surface area contributed by atoms with Gasteiger partial charge in [-0.2, -0.15) is 0 Å². The van der Waals surface area contributed by atoms with E-state index >= 15 is 0 Å². The van der Waals surface area contributed by atoms with Crippen LogP contribution in [0, 0.1) is 0 Å². The van der Waals surface area contributed by atoms with Crippen molar-refractivity contribution < 1.29 is 89.4 Å².